The third kappa shape index (κ3) is 17.0. The minimum absolute atomic E-state index is 0.0377. The van der Waals surface area contributed by atoms with Gasteiger partial charge in [0.15, 0.2) is 23.0 Å². The molecule has 5 aliphatic heterocycles. The Labute approximate surface area is 606 Å². The second kappa shape index (κ2) is 32.2. The summed E-state index contributed by atoms with van der Waals surface area (Å²) in [6.07, 6.45) is 6.45. The molecule has 1 saturated heterocycles. The Hall–Kier alpha value is -9.28. The molecule has 5 heterocycles. The maximum absolute atomic E-state index is 14.9. The number of allylic oxidation sites excluding steroid dienone is 1. The lowest BCUT2D eigenvalue weighted by Crippen LogP contribution is -2.56. The average Bonchev–Trinajstić information content (AvgIpc) is 1.65. The number of likely N-dealkylation sites (N-methyl/N-ethyl adjacent to an activating group) is 1. The molecule has 0 aromatic heterocycles. The van der Waals surface area contributed by atoms with E-state index in [-0.39, 0.29) is 98.1 Å². The van der Waals surface area contributed by atoms with Crippen molar-refractivity contribution in [2.24, 2.45) is 5.92 Å². The highest BCUT2D eigenvalue weighted by Gasteiger charge is 2.46. The van der Waals surface area contributed by atoms with Crippen LogP contribution in [0.1, 0.15) is 83.4 Å². The Morgan fingerprint density at radius 1 is 0.631 bits per heavy atom. The minimum atomic E-state index is -1.55. The van der Waals surface area contributed by atoms with E-state index in [1.807, 2.05) is 48.5 Å². The van der Waals surface area contributed by atoms with Crippen molar-refractivity contribution >= 4 is 80.3 Å². The van der Waals surface area contributed by atoms with Crippen LogP contribution < -0.4 is 44.3 Å². The lowest BCUT2D eigenvalue weighted by atomic mass is 9.94. The van der Waals surface area contributed by atoms with Gasteiger partial charge in [0.25, 0.3) is 23.6 Å². The van der Waals surface area contributed by atoms with Gasteiger partial charge in [-0.2, -0.15) is 0 Å². The third-order valence-electron chi connectivity index (χ3n) is 19.9. The Balaban J connectivity index is 0.744. The zero-order valence-electron chi connectivity index (χ0n) is 61.4. The summed E-state index contributed by atoms with van der Waals surface area (Å²) in [5, 5.41) is 16.2. The van der Waals surface area contributed by atoms with Gasteiger partial charge in [0.1, 0.15) is 37.6 Å². The molecule has 25 heteroatoms. The number of fused-ring (bicyclic) bond motifs is 7. The number of hydrogen-bond donors (Lipinski definition) is 3. The van der Waals surface area contributed by atoms with Crippen LogP contribution in [0.3, 0.4) is 0 Å². The van der Waals surface area contributed by atoms with Crippen molar-refractivity contribution in [2.45, 2.75) is 121 Å². The van der Waals surface area contributed by atoms with Crippen molar-refractivity contribution in [2.75, 3.05) is 115 Å². The lowest BCUT2D eigenvalue weighted by Gasteiger charge is -2.34. The van der Waals surface area contributed by atoms with Crippen LogP contribution in [0, 0.1) is 5.92 Å². The minimum Gasteiger partial charge on any atom is -0.493 e. The van der Waals surface area contributed by atoms with E-state index in [1.165, 1.54) is 35.8 Å². The van der Waals surface area contributed by atoms with E-state index in [9.17, 15) is 38.7 Å². The van der Waals surface area contributed by atoms with Gasteiger partial charge in [0.05, 0.1) is 49.9 Å². The number of carbonyl (C=O) groups is 7. The fourth-order valence-corrected chi connectivity index (χ4v) is 15.6. The molecule has 5 aromatic rings. The van der Waals surface area contributed by atoms with Crippen LogP contribution in [0.15, 0.2) is 127 Å². The summed E-state index contributed by atoms with van der Waals surface area (Å²) in [4.78, 5) is 112. The van der Waals surface area contributed by atoms with Crippen molar-refractivity contribution in [3.63, 3.8) is 0 Å². The zero-order valence-corrected chi connectivity index (χ0v) is 63.4. The molecule has 1 fully saturated rings. The van der Waals surface area contributed by atoms with Crippen LogP contribution in [0.25, 0.3) is 16.7 Å². The molecular formula is C78H99N9O14Si2. The van der Waals surface area contributed by atoms with E-state index in [2.05, 4.69) is 91.0 Å². The lowest BCUT2D eigenvalue weighted by molar-refractivity contribution is -0.132. The maximum atomic E-state index is 14.9. The number of rotatable bonds is 30. The first kappa shape index (κ1) is 74.9. The second-order valence-electron chi connectivity index (χ2n) is 30.1. The van der Waals surface area contributed by atoms with Crippen molar-refractivity contribution in [1.82, 2.24) is 30.2 Å². The van der Waals surface area contributed by atoms with Crippen molar-refractivity contribution in [3.05, 3.63) is 155 Å². The number of carboxylic acid groups (broad SMARTS) is 1. The van der Waals surface area contributed by atoms with E-state index < -0.39 is 70.0 Å². The smallest absolute Gasteiger partial charge is 0.408 e. The summed E-state index contributed by atoms with van der Waals surface area (Å²) >= 11 is 0. The summed E-state index contributed by atoms with van der Waals surface area (Å²) in [5.41, 5.74) is 8.74. The van der Waals surface area contributed by atoms with Gasteiger partial charge in [-0.3, -0.25) is 43.5 Å². The molecule has 1 aliphatic carbocycles. The molecule has 23 nitrogen and oxygen atoms in total. The summed E-state index contributed by atoms with van der Waals surface area (Å²) in [6.45, 7) is 23.4. The van der Waals surface area contributed by atoms with Gasteiger partial charge in [-0.25, -0.2) is 4.79 Å². The SMILES string of the molecule is COc1cc2c(cc1OCCCOc1cc3c(cc1OC)C(=O)N1C=C(c4ccc(N5CCN(C)CC5)cc4)C[C@H]1C(=O)N3COCC[Si](C)(C)C)N(COCC[Si](C)(C)C)C(=O)[C@@H]1CC(C=CCNC(=O)[C@H](C)NC(=O)[C@H](C(C)C)N(CC3c4ccccc4-c4ccccc43)C(=O)O)=CN1C2=O. The van der Waals surface area contributed by atoms with Crippen LogP contribution in [0.4, 0.5) is 21.9 Å². The second-order valence-corrected chi connectivity index (χ2v) is 41.4. The summed E-state index contributed by atoms with van der Waals surface area (Å²) in [5.74, 6) is -2.13. The number of nitrogens with one attached hydrogen (secondary N) is 2. The van der Waals surface area contributed by atoms with E-state index in [4.69, 9.17) is 28.4 Å². The summed E-state index contributed by atoms with van der Waals surface area (Å²) in [7, 11) is 2.06. The van der Waals surface area contributed by atoms with Crippen LogP contribution in [-0.2, 0) is 28.7 Å². The van der Waals surface area contributed by atoms with Crippen LogP contribution in [0.5, 0.6) is 23.0 Å². The van der Waals surface area contributed by atoms with Crippen molar-refractivity contribution in [1.29, 1.82) is 0 Å². The largest absolute Gasteiger partial charge is 0.493 e. The molecule has 0 saturated carbocycles. The normalized spacial score (nSPS) is 18.1. The highest BCUT2D eigenvalue weighted by Crippen LogP contribution is 2.47. The molecular weight excluding hydrogens is 1340 g/mol. The predicted octanol–water partition coefficient (Wildman–Crippen LogP) is 11.0. The average molecular weight is 1440 g/mol. The first-order valence-electron chi connectivity index (χ1n) is 35.7. The Kier molecular flexibility index (Phi) is 23.4. The van der Waals surface area contributed by atoms with Gasteiger partial charge in [-0.15, -0.1) is 0 Å². The van der Waals surface area contributed by atoms with Crippen LogP contribution in [-0.4, -0.2) is 207 Å². The number of ether oxygens (including phenoxy) is 6. The number of anilines is 3. The summed E-state index contributed by atoms with van der Waals surface area (Å²) in [6, 6.07) is 28.5. The van der Waals surface area contributed by atoms with Gasteiger partial charge in [-0.05, 0) is 95.2 Å². The van der Waals surface area contributed by atoms with Gasteiger partial charge < -0.3 is 63.8 Å². The van der Waals surface area contributed by atoms with Gasteiger partial charge in [0.2, 0.25) is 11.8 Å². The molecule has 6 aliphatic rings. The molecule has 0 bridgehead atoms. The van der Waals surface area contributed by atoms with E-state index in [0.29, 0.717) is 48.8 Å². The fourth-order valence-electron chi connectivity index (χ4n) is 14.0. The van der Waals surface area contributed by atoms with E-state index in [1.54, 1.807) is 72.5 Å². The molecule has 0 radical (unpaired) electrons. The van der Waals surface area contributed by atoms with Crippen molar-refractivity contribution < 1.29 is 67.1 Å². The zero-order chi connectivity index (χ0) is 73.6. The number of amides is 7. The Bertz CT molecular complexity index is 4060. The highest BCUT2D eigenvalue weighted by atomic mass is 28.3. The molecule has 3 N–H and O–H groups in total. The molecule has 7 amide bonds. The fraction of sp³-hybridized carbons (Fsp3) is 0.449. The topological polar surface area (TPSA) is 242 Å². The first-order valence-corrected chi connectivity index (χ1v) is 43.1. The quantitative estimate of drug-likeness (QED) is 0.0286. The molecule has 103 heavy (non-hydrogen) atoms. The first-order chi connectivity index (χ1) is 49.2. The monoisotopic (exact) mass is 1440 g/mol. The number of hydrogen-bond acceptors (Lipinski definition) is 15. The van der Waals surface area contributed by atoms with Crippen molar-refractivity contribution in [3.8, 4) is 34.1 Å². The van der Waals surface area contributed by atoms with Crippen LogP contribution >= 0.6 is 0 Å². The number of benzene rings is 5. The molecule has 0 spiro atoms. The van der Waals surface area contributed by atoms with Gasteiger partial charge >= 0.3 is 6.09 Å². The number of piperazine rings is 1. The number of carbonyl (C=O) groups excluding carboxylic acids is 6. The van der Waals surface area contributed by atoms with Gasteiger partial charge in [-0.1, -0.05) is 126 Å². The van der Waals surface area contributed by atoms with E-state index >= 15 is 0 Å². The Morgan fingerprint density at radius 3 is 1.65 bits per heavy atom. The van der Waals surface area contributed by atoms with E-state index in [0.717, 1.165) is 77.3 Å². The standard InChI is InChI=1S/C78H99N9O14Si2/c1-50(2)71(85(78(94)95)47-62-58-22-15-13-20-56(58)57-21-14-16-23-59(57)62)73(89)80-51(3)72(88)79-28-17-19-52-39-65-76(92)86(48-98-35-37-102(7,8)9)63-43-69(67(96-5)41-60(63)74(90)83(65)45-52)100-33-18-34-101-70-44-64-61(42-68(70)97-6)75(91)84-46-54(40-66(84)77(93)87(64)49-99-36-38-103(10,11)12)53-24-26-55(27-25-53)82-31-29-81(4)30-32-82/h13-17,19-27,41-46,50-51,62,65-66,71H,18,28-40,47-49H2,1-12H3,(H,79,88)(H,80,89)(H,94,95)/t51-,65-,66-,71-/m0/s1. The highest BCUT2D eigenvalue weighted by molar-refractivity contribution is 6.76. The molecule has 5 aromatic carbocycles. The maximum Gasteiger partial charge on any atom is 0.408 e. The molecule has 548 valence electrons. The number of nitrogens with zero attached hydrogens (tertiary/aromatic N) is 7. The third-order valence-corrected chi connectivity index (χ3v) is 23.3. The van der Waals surface area contributed by atoms with Crippen LogP contribution in [0.2, 0.25) is 51.4 Å². The molecule has 0 unspecified atom stereocenters. The molecule has 4 atom stereocenters. The Morgan fingerprint density at radius 2 is 1.15 bits per heavy atom. The molecule has 11 rings (SSSR count). The number of methoxy groups -OCH3 is 2. The predicted molar refractivity (Wildman–Crippen MR) is 403 cm³/mol. The van der Waals surface area contributed by atoms with Gasteiger partial charge in [0, 0.05) is 124 Å². The summed E-state index contributed by atoms with van der Waals surface area (Å²) < 4.78 is 37.1.